The van der Waals surface area contributed by atoms with E-state index in [4.69, 9.17) is 10.2 Å². The first kappa shape index (κ1) is 18.8. The summed E-state index contributed by atoms with van der Waals surface area (Å²) in [5.74, 6) is 1.04. The van der Waals surface area contributed by atoms with E-state index in [0.717, 1.165) is 31.9 Å². The van der Waals surface area contributed by atoms with Gasteiger partial charge in [-0.3, -0.25) is 4.79 Å². The van der Waals surface area contributed by atoms with E-state index in [1.807, 2.05) is 20.0 Å². The Kier molecular flexibility index (Phi) is 8.57. The fourth-order valence-corrected chi connectivity index (χ4v) is 2.14. The molecule has 0 saturated heterocycles. The third kappa shape index (κ3) is 7.04. The van der Waals surface area contributed by atoms with E-state index >= 15 is 0 Å². The van der Waals surface area contributed by atoms with Gasteiger partial charge in [0.25, 0.3) is 5.91 Å². The highest BCUT2D eigenvalue weighted by atomic mass is 16.3. The van der Waals surface area contributed by atoms with Crippen LogP contribution in [-0.2, 0) is 6.54 Å². The van der Waals surface area contributed by atoms with Crippen molar-refractivity contribution in [2.24, 2.45) is 10.7 Å². The Labute approximate surface area is 138 Å². The van der Waals surface area contributed by atoms with Crippen molar-refractivity contribution in [3.8, 4) is 0 Å². The highest BCUT2D eigenvalue weighted by Gasteiger charge is 2.08. The summed E-state index contributed by atoms with van der Waals surface area (Å²) in [6.45, 7) is 7.87. The Morgan fingerprint density at radius 1 is 1.43 bits per heavy atom. The standard InChI is InChI=1S/C17H28N4O2/c1-4-6-7-8-9-12-21(3)17(19-5-2)20-13-14-10-11-15(23-14)16(18)22/h4,10-11H,1,5-9,12-13H2,2-3H3,(H2,18,22)(H,19,20). The number of nitrogens with zero attached hydrogens (tertiary/aromatic N) is 2. The first-order valence-corrected chi connectivity index (χ1v) is 8.07. The molecule has 0 aliphatic rings. The molecule has 6 nitrogen and oxygen atoms in total. The van der Waals surface area contributed by atoms with Crippen molar-refractivity contribution in [1.29, 1.82) is 0 Å². The summed E-state index contributed by atoms with van der Waals surface area (Å²) in [5, 5.41) is 3.26. The van der Waals surface area contributed by atoms with E-state index in [0.29, 0.717) is 12.3 Å². The molecule has 3 N–H and O–H groups in total. The molecule has 1 aromatic heterocycles. The lowest BCUT2D eigenvalue weighted by molar-refractivity contribution is 0.0972. The van der Waals surface area contributed by atoms with Crippen LogP contribution >= 0.6 is 0 Å². The molecule has 0 bridgehead atoms. The van der Waals surface area contributed by atoms with Crippen molar-refractivity contribution in [2.45, 2.75) is 39.2 Å². The number of nitrogens with two attached hydrogens (primary N) is 1. The molecule has 0 saturated carbocycles. The SMILES string of the molecule is C=CCCCCCN(C)C(=NCc1ccc(C(N)=O)o1)NCC. The summed E-state index contributed by atoms with van der Waals surface area (Å²) in [4.78, 5) is 17.7. The van der Waals surface area contributed by atoms with Crippen molar-refractivity contribution in [1.82, 2.24) is 10.2 Å². The van der Waals surface area contributed by atoms with Crippen LogP contribution in [0.4, 0.5) is 0 Å². The zero-order valence-corrected chi connectivity index (χ0v) is 14.2. The fourth-order valence-electron chi connectivity index (χ4n) is 2.14. The lowest BCUT2D eigenvalue weighted by atomic mass is 10.2. The second kappa shape index (κ2) is 10.5. The molecule has 1 amide bonds. The van der Waals surface area contributed by atoms with E-state index in [9.17, 15) is 4.79 Å². The second-order valence-electron chi connectivity index (χ2n) is 5.36. The summed E-state index contributed by atoms with van der Waals surface area (Å²) < 4.78 is 5.34. The minimum Gasteiger partial charge on any atom is -0.454 e. The molecule has 1 heterocycles. The third-order valence-electron chi connectivity index (χ3n) is 3.39. The molecular formula is C17H28N4O2. The van der Waals surface area contributed by atoms with Crippen molar-refractivity contribution in [3.05, 3.63) is 36.3 Å². The molecule has 0 aliphatic carbocycles. The van der Waals surface area contributed by atoms with Crippen LogP contribution in [0.1, 0.15) is 48.9 Å². The summed E-state index contributed by atoms with van der Waals surface area (Å²) >= 11 is 0. The van der Waals surface area contributed by atoms with Crippen LogP contribution in [0.25, 0.3) is 0 Å². The molecule has 0 radical (unpaired) electrons. The second-order valence-corrected chi connectivity index (χ2v) is 5.36. The molecule has 0 unspecified atom stereocenters. The quantitative estimate of drug-likeness (QED) is 0.300. The number of unbranched alkanes of at least 4 members (excludes halogenated alkanes) is 3. The molecule has 128 valence electrons. The number of primary amides is 1. The number of allylic oxidation sites excluding steroid dienone is 1. The number of amides is 1. The van der Waals surface area contributed by atoms with Crippen LogP contribution in [0.15, 0.2) is 34.2 Å². The number of rotatable bonds is 10. The first-order chi connectivity index (χ1) is 11.1. The van der Waals surface area contributed by atoms with Crippen LogP contribution in [0, 0.1) is 0 Å². The maximum atomic E-state index is 11.0. The molecule has 0 aliphatic heterocycles. The van der Waals surface area contributed by atoms with Gasteiger partial charge in [-0.25, -0.2) is 4.99 Å². The highest BCUT2D eigenvalue weighted by Crippen LogP contribution is 2.09. The minimum absolute atomic E-state index is 0.163. The van der Waals surface area contributed by atoms with Crippen molar-refractivity contribution in [3.63, 3.8) is 0 Å². The number of guanidine groups is 1. The molecule has 0 atom stereocenters. The lowest BCUT2D eigenvalue weighted by Crippen LogP contribution is -2.39. The Morgan fingerprint density at radius 2 is 2.22 bits per heavy atom. The van der Waals surface area contributed by atoms with E-state index in [1.165, 1.54) is 12.8 Å². The van der Waals surface area contributed by atoms with Gasteiger partial charge in [-0.2, -0.15) is 0 Å². The van der Waals surface area contributed by atoms with Gasteiger partial charge in [-0.05, 0) is 38.3 Å². The maximum Gasteiger partial charge on any atom is 0.284 e. The molecule has 1 rings (SSSR count). The number of aliphatic imine (C=N–C) groups is 1. The van der Waals surface area contributed by atoms with Gasteiger partial charge in [0.15, 0.2) is 11.7 Å². The predicted molar refractivity (Wildman–Crippen MR) is 93.3 cm³/mol. The van der Waals surface area contributed by atoms with Gasteiger partial charge in [0.05, 0.1) is 0 Å². The van der Waals surface area contributed by atoms with Crippen molar-refractivity contribution >= 4 is 11.9 Å². The van der Waals surface area contributed by atoms with Gasteiger partial charge in [0, 0.05) is 20.1 Å². The zero-order valence-electron chi connectivity index (χ0n) is 14.2. The van der Waals surface area contributed by atoms with Crippen LogP contribution in [0.2, 0.25) is 0 Å². The number of nitrogens with one attached hydrogen (secondary N) is 1. The molecular weight excluding hydrogens is 292 g/mol. The Bertz CT molecular complexity index is 522. The first-order valence-electron chi connectivity index (χ1n) is 8.07. The Hall–Kier alpha value is -2.24. The van der Waals surface area contributed by atoms with E-state index < -0.39 is 5.91 Å². The molecule has 1 aromatic rings. The van der Waals surface area contributed by atoms with E-state index in [-0.39, 0.29) is 5.76 Å². The monoisotopic (exact) mass is 320 g/mol. The van der Waals surface area contributed by atoms with Crippen LogP contribution in [0.3, 0.4) is 0 Å². The number of carbonyl (C=O) groups is 1. The van der Waals surface area contributed by atoms with Gasteiger partial charge in [-0.1, -0.05) is 12.5 Å². The van der Waals surface area contributed by atoms with Crippen molar-refractivity contribution in [2.75, 3.05) is 20.1 Å². The maximum absolute atomic E-state index is 11.0. The normalized spacial score (nSPS) is 11.3. The minimum atomic E-state index is -0.566. The predicted octanol–water partition coefficient (Wildman–Crippen LogP) is 2.52. The fraction of sp³-hybridized carbons (Fsp3) is 0.529. The number of hydrogen-bond acceptors (Lipinski definition) is 3. The van der Waals surface area contributed by atoms with Crippen molar-refractivity contribution < 1.29 is 9.21 Å². The van der Waals surface area contributed by atoms with Gasteiger partial charge >= 0.3 is 0 Å². The summed E-state index contributed by atoms with van der Waals surface area (Å²) in [7, 11) is 2.02. The van der Waals surface area contributed by atoms with Crippen LogP contribution in [0.5, 0.6) is 0 Å². The van der Waals surface area contributed by atoms with Gasteiger partial charge < -0.3 is 20.4 Å². The molecule has 23 heavy (non-hydrogen) atoms. The van der Waals surface area contributed by atoms with E-state index in [1.54, 1.807) is 12.1 Å². The van der Waals surface area contributed by atoms with Gasteiger partial charge in [-0.15, -0.1) is 6.58 Å². The smallest absolute Gasteiger partial charge is 0.284 e. The topological polar surface area (TPSA) is 83.9 Å². The molecule has 0 spiro atoms. The summed E-state index contributed by atoms with van der Waals surface area (Å²) in [6, 6.07) is 3.30. The average molecular weight is 320 g/mol. The molecule has 0 fully saturated rings. The molecule has 0 aromatic carbocycles. The highest BCUT2D eigenvalue weighted by molar-refractivity contribution is 5.89. The Balaban J connectivity index is 2.53. The summed E-state index contributed by atoms with van der Waals surface area (Å²) in [5.41, 5.74) is 5.17. The van der Waals surface area contributed by atoms with Crippen LogP contribution < -0.4 is 11.1 Å². The largest absolute Gasteiger partial charge is 0.454 e. The number of carbonyl (C=O) groups excluding carboxylic acids is 1. The lowest BCUT2D eigenvalue weighted by Gasteiger charge is -2.21. The Morgan fingerprint density at radius 3 is 2.83 bits per heavy atom. The van der Waals surface area contributed by atoms with Gasteiger partial charge in [0.2, 0.25) is 0 Å². The summed E-state index contributed by atoms with van der Waals surface area (Å²) in [6.07, 6.45) is 6.49. The molecule has 6 heteroatoms. The number of furan rings is 1. The average Bonchev–Trinajstić information content (AvgIpc) is 3.00. The van der Waals surface area contributed by atoms with Gasteiger partial charge in [0.1, 0.15) is 12.3 Å². The zero-order chi connectivity index (χ0) is 17.1. The number of hydrogen-bond donors (Lipinski definition) is 2. The third-order valence-corrected chi connectivity index (χ3v) is 3.39. The van der Waals surface area contributed by atoms with Crippen LogP contribution in [-0.4, -0.2) is 36.9 Å². The van der Waals surface area contributed by atoms with E-state index in [2.05, 4.69) is 21.8 Å².